The third-order valence-corrected chi connectivity index (χ3v) is 5.83. The normalized spacial score (nSPS) is 20.1. The number of hydrogen-bond donors (Lipinski definition) is 0. The smallest absolute Gasteiger partial charge is 0.162 e. The molecule has 1 saturated carbocycles. The molecule has 1 aliphatic carbocycles. The number of fused-ring (bicyclic) bond motifs is 1. The molecule has 2 nitrogen and oxygen atoms in total. The van der Waals surface area contributed by atoms with Crippen molar-refractivity contribution in [3.8, 4) is 11.5 Å². The molecule has 1 heterocycles. The molecule has 0 amide bonds. The van der Waals surface area contributed by atoms with Crippen molar-refractivity contribution in [2.24, 2.45) is 5.41 Å². The molecule has 2 aliphatic rings. The molecule has 0 bridgehead atoms. The second-order valence-electron chi connectivity index (χ2n) is 4.73. The lowest BCUT2D eigenvalue weighted by molar-refractivity contribution is 0.171. The van der Waals surface area contributed by atoms with Crippen LogP contribution in [0.15, 0.2) is 23.1 Å². The minimum absolute atomic E-state index is 0.553. The molecular weight excluding hydrogens is 300 g/mol. The zero-order chi connectivity index (χ0) is 11.7. The molecule has 1 fully saturated rings. The van der Waals surface area contributed by atoms with Crippen LogP contribution in [0, 0.1) is 5.41 Å². The van der Waals surface area contributed by atoms with E-state index in [1.165, 1.54) is 23.5 Å². The lowest BCUT2D eigenvalue weighted by atomic mass is 10.2. The standard InChI is InChI=1S/C13H15BrO2S/c14-8-13(3-4-13)9-17-10-1-2-11-12(7-10)16-6-5-15-11/h1-2,7H,3-6,8-9H2. The van der Waals surface area contributed by atoms with Gasteiger partial charge in [0.25, 0.3) is 0 Å². The average molecular weight is 315 g/mol. The van der Waals surface area contributed by atoms with Crippen molar-refractivity contribution in [3.05, 3.63) is 18.2 Å². The van der Waals surface area contributed by atoms with Crippen molar-refractivity contribution < 1.29 is 9.47 Å². The zero-order valence-electron chi connectivity index (χ0n) is 9.58. The van der Waals surface area contributed by atoms with Crippen molar-refractivity contribution in [3.63, 3.8) is 0 Å². The maximum atomic E-state index is 5.59. The summed E-state index contributed by atoms with van der Waals surface area (Å²) in [7, 11) is 0. The molecule has 0 spiro atoms. The monoisotopic (exact) mass is 314 g/mol. The molecule has 1 aromatic carbocycles. The van der Waals surface area contributed by atoms with Gasteiger partial charge in [-0.3, -0.25) is 0 Å². The van der Waals surface area contributed by atoms with Crippen molar-refractivity contribution in [2.45, 2.75) is 17.7 Å². The van der Waals surface area contributed by atoms with E-state index in [0.29, 0.717) is 18.6 Å². The zero-order valence-corrected chi connectivity index (χ0v) is 12.0. The fourth-order valence-corrected chi connectivity index (χ4v) is 4.08. The van der Waals surface area contributed by atoms with E-state index < -0.39 is 0 Å². The fraction of sp³-hybridized carbons (Fsp3) is 0.538. The Labute approximate surface area is 114 Å². The number of ether oxygens (including phenoxy) is 2. The first kappa shape index (κ1) is 11.7. The van der Waals surface area contributed by atoms with Gasteiger partial charge in [-0.05, 0) is 36.5 Å². The number of alkyl halides is 1. The maximum absolute atomic E-state index is 5.59. The van der Waals surface area contributed by atoms with E-state index in [2.05, 4.69) is 28.1 Å². The van der Waals surface area contributed by atoms with Crippen molar-refractivity contribution in [1.82, 2.24) is 0 Å². The molecule has 3 rings (SSSR count). The third-order valence-electron chi connectivity index (χ3n) is 3.30. The number of rotatable bonds is 4. The van der Waals surface area contributed by atoms with Gasteiger partial charge < -0.3 is 9.47 Å². The van der Waals surface area contributed by atoms with Gasteiger partial charge in [0.2, 0.25) is 0 Å². The van der Waals surface area contributed by atoms with Gasteiger partial charge in [-0.15, -0.1) is 11.8 Å². The highest BCUT2D eigenvalue weighted by molar-refractivity contribution is 9.09. The van der Waals surface area contributed by atoms with Crippen molar-refractivity contribution in [1.29, 1.82) is 0 Å². The summed E-state index contributed by atoms with van der Waals surface area (Å²) in [5.74, 6) is 2.96. The Bertz CT molecular complexity index is 418. The molecule has 0 aromatic heterocycles. The van der Waals surface area contributed by atoms with Crippen LogP contribution >= 0.6 is 27.7 Å². The lowest BCUT2D eigenvalue weighted by Crippen LogP contribution is -2.15. The quantitative estimate of drug-likeness (QED) is 0.623. The van der Waals surface area contributed by atoms with Gasteiger partial charge in [0.05, 0.1) is 0 Å². The number of hydrogen-bond acceptors (Lipinski definition) is 3. The molecule has 4 heteroatoms. The molecule has 0 unspecified atom stereocenters. The van der Waals surface area contributed by atoms with Crippen LogP contribution in [0.3, 0.4) is 0 Å². The van der Waals surface area contributed by atoms with Crippen LogP contribution < -0.4 is 9.47 Å². The third kappa shape index (κ3) is 2.58. The molecule has 17 heavy (non-hydrogen) atoms. The summed E-state index contributed by atoms with van der Waals surface area (Å²) in [4.78, 5) is 1.28. The van der Waals surface area contributed by atoms with Gasteiger partial charge in [0.15, 0.2) is 11.5 Å². The largest absolute Gasteiger partial charge is 0.486 e. The van der Waals surface area contributed by atoms with Crippen LogP contribution in [-0.2, 0) is 0 Å². The summed E-state index contributed by atoms with van der Waals surface area (Å²) in [6, 6.07) is 6.25. The van der Waals surface area contributed by atoms with E-state index in [-0.39, 0.29) is 0 Å². The van der Waals surface area contributed by atoms with Crippen LogP contribution in [0.1, 0.15) is 12.8 Å². The van der Waals surface area contributed by atoms with E-state index in [4.69, 9.17) is 9.47 Å². The SMILES string of the molecule is BrCC1(CSc2ccc3c(c2)OCCO3)CC1. The summed E-state index contributed by atoms with van der Waals surface area (Å²) in [6.45, 7) is 1.32. The van der Waals surface area contributed by atoms with Crippen LogP contribution in [0.4, 0.5) is 0 Å². The Morgan fingerprint density at radius 1 is 1.18 bits per heavy atom. The van der Waals surface area contributed by atoms with E-state index in [1.54, 1.807) is 0 Å². The Hall–Kier alpha value is -0.350. The van der Waals surface area contributed by atoms with E-state index in [0.717, 1.165) is 16.8 Å². The first-order valence-electron chi connectivity index (χ1n) is 5.90. The van der Waals surface area contributed by atoms with Gasteiger partial charge in [0.1, 0.15) is 13.2 Å². The Balaban J connectivity index is 1.67. The van der Waals surface area contributed by atoms with Crippen LogP contribution in [-0.4, -0.2) is 24.3 Å². The molecular formula is C13H15BrO2S. The second-order valence-corrected chi connectivity index (χ2v) is 6.34. The highest BCUT2D eigenvalue weighted by Crippen LogP contribution is 2.50. The van der Waals surface area contributed by atoms with Crippen LogP contribution in [0.5, 0.6) is 11.5 Å². The Morgan fingerprint density at radius 3 is 2.65 bits per heavy atom. The summed E-state index contributed by atoms with van der Waals surface area (Å²) >= 11 is 5.53. The highest BCUT2D eigenvalue weighted by Gasteiger charge is 2.41. The Kier molecular flexibility index (Phi) is 3.26. The second kappa shape index (κ2) is 4.73. The summed E-state index contributed by atoms with van der Waals surface area (Å²) in [5.41, 5.74) is 0.553. The van der Waals surface area contributed by atoms with Gasteiger partial charge in [-0.25, -0.2) is 0 Å². The van der Waals surface area contributed by atoms with Gasteiger partial charge in [-0.2, -0.15) is 0 Å². The van der Waals surface area contributed by atoms with E-state index in [1.807, 2.05) is 17.8 Å². The topological polar surface area (TPSA) is 18.5 Å². The maximum Gasteiger partial charge on any atom is 0.162 e. The van der Waals surface area contributed by atoms with Gasteiger partial charge in [0, 0.05) is 16.0 Å². The van der Waals surface area contributed by atoms with Gasteiger partial charge in [-0.1, -0.05) is 15.9 Å². The first-order chi connectivity index (χ1) is 8.31. The summed E-state index contributed by atoms with van der Waals surface area (Å²) in [6.07, 6.45) is 2.71. The Morgan fingerprint density at radius 2 is 1.94 bits per heavy atom. The molecule has 0 saturated heterocycles. The van der Waals surface area contributed by atoms with Crippen LogP contribution in [0.2, 0.25) is 0 Å². The lowest BCUT2D eigenvalue weighted by Gasteiger charge is -2.19. The molecule has 0 N–H and O–H groups in total. The highest BCUT2D eigenvalue weighted by atomic mass is 79.9. The van der Waals surface area contributed by atoms with Crippen LogP contribution in [0.25, 0.3) is 0 Å². The molecule has 92 valence electrons. The molecule has 0 atom stereocenters. The van der Waals surface area contributed by atoms with Crippen molar-refractivity contribution in [2.75, 3.05) is 24.3 Å². The van der Waals surface area contributed by atoms with Gasteiger partial charge >= 0.3 is 0 Å². The number of thioether (sulfide) groups is 1. The van der Waals surface area contributed by atoms with Crippen molar-refractivity contribution >= 4 is 27.7 Å². The predicted molar refractivity (Wildman–Crippen MR) is 73.6 cm³/mol. The molecule has 1 aromatic rings. The summed E-state index contributed by atoms with van der Waals surface area (Å²) < 4.78 is 11.1. The minimum atomic E-state index is 0.553. The number of benzene rings is 1. The van der Waals surface area contributed by atoms with E-state index >= 15 is 0 Å². The summed E-state index contributed by atoms with van der Waals surface area (Å²) in [5, 5.41) is 1.12. The molecule has 1 aliphatic heterocycles. The first-order valence-corrected chi connectivity index (χ1v) is 8.00. The molecule has 0 radical (unpaired) electrons. The van der Waals surface area contributed by atoms with E-state index in [9.17, 15) is 0 Å². The average Bonchev–Trinajstić information content (AvgIpc) is 3.17. The predicted octanol–water partition coefficient (Wildman–Crippen LogP) is 3.73. The minimum Gasteiger partial charge on any atom is -0.486 e. The number of halogens is 1. The fourth-order valence-electron chi connectivity index (χ4n) is 1.84.